The van der Waals surface area contributed by atoms with Crippen molar-refractivity contribution in [1.29, 1.82) is 0 Å². The van der Waals surface area contributed by atoms with Crippen molar-refractivity contribution >= 4 is 10.0 Å². The molecule has 0 aliphatic heterocycles. The van der Waals surface area contributed by atoms with E-state index in [1.165, 1.54) is 25.7 Å². The Balaban J connectivity index is 2.35. The van der Waals surface area contributed by atoms with E-state index in [4.69, 9.17) is 9.88 Å². The van der Waals surface area contributed by atoms with E-state index in [0.29, 0.717) is 6.61 Å². The fourth-order valence-corrected chi connectivity index (χ4v) is 4.37. The molecule has 1 atom stereocenters. The maximum Gasteiger partial charge on any atom is 0.209 e. The second-order valence-electron chi connectivity index (χ2n) is 6.49. The Kier molecular flexibility index (Phi) is 7.48. The van der Waals surface area contributed by atoms with Gasteiger partial charge in [-0.25, -0.2) is 13.6 Å². The second-order valence-corrected chi connectivity index (χ2v) is 8.10. The predicted octanol–water partition coefficient (Wildman–Crippen LogP) is 3.21. The highest BCUT2D eigenvalue weighted by Gasteiger charge is 2.37. The average molecular weight is 305 g/mol. The molecule has 1 unspecified atom stereocenters. The molecule has 1 aliphatic carbocycles. The summed E-state index contributed by atoms with van der Waals surface area (Å²) in [6, 6.07) is 0. The highest BCUT2D eigenvalue weighted by Crippen LogP contribution is 2.39. The highest BCUT2D eigenvalue weighted by atomic mass is 32.2. The first kappa shape index (κ1) is 17.9. The number of ether oxygens (including phenoxy) is 1. The van der Waals surface area contributed by atoms with Gasteiger partial charge in [0.15, 0.2) is 0 Å². The van der Waals surface area contributed by atoms with Gasteiger partial charge in [-0.05, 0) is 26.2 Å². The molecule has 5 heteroatoms. The Morgan fingerprint density at radius 3 is 2.40 bits per heavy atom. The Morgan fingerprint density at radius 2 is 1.85 bits per heavy atom. The lowest BCUT2D eigenvalue weighted by molar-refractivity contribution is 0.00420. The van der Waals surface area contributed by atoms with E-state index in [0.717, 1.165) is 32.1 Å². The molecule has 0 amide bonds. The van der Waals surface area contributed by atoms with Crippen LogP contribution in [0.5, 0.6) is 0 Å². The molecule has 1 aliphatic rings. The van der Waals surface area contributed by atoms with Gasteiger partial charge in [0.25, 0.3) is 0 Å². The lowest BCUT2D eigenvalue weighted by Crippen LogP contribution is -2.36. The van der Waals surface area contributed by atoms with E-state index in [1.54, 1.807) is 0 Å². The van der Waals surface area contributed by atoms with E-state index < -0.39 is 10.0 Å². The fraction of sp³-hybridized carbons (Fsp3) is 1.00. The third-order valence-corrected chi connectivity index (χ3v) is 5.32. The number of rotatable bonds is 10. The summed E-state index contributed by atoms with van der Waals surface area (Å²) in [6.07, 6.45) is 10.3. The van der Waals surface area contributed by atoms with Crippen LogP contribution in [-0.4, -0.2) is 26.9 Å². The molecular formula is C15H31NO3S. The summed E-state index contributed by atoms with van der Waals surface area (Å²) < 4.78 is 28.7. The average Bonchev–Trinajstić information content (AvgIpc) is 2.79. The van der Waals surface area contributed by atoms with E-state index in [2.05, 4.69) is 13.8 Å². The van der Waals surface area contributed by atoms with Crippen LogP contribution < -0.4 is 5.14 Å². The SMILES string of the molecule is CCCCCCC(C)OCC1(CS(N)(=O)=O)CCCC1. The molecule has 0 aromatic rings. The number of hydrogen-bond acceptors (Lipinski definition) is 3. The summed E-state index contributed by atoms with van der Waals surface area (Å²) in [5, 5.41) is 5.24. The minimum Gasteiger partial charge on any atom is -0.378 e. The Bertz CT molecular complexity index is 361. The summed E-state index contributed by atoms with van der Waals surface area (Å²) >= 11 is 0. The van der Waals surface area contributed by atoms with Crippen molar-refractivity contribution in [3.05, 3.63) is 0 Å². The Morgan fingerprint density at radius 1 is 1.20 bits per heavy atom. The zero-order valence-corrected chi connectivity index (χ0v) is 13.9. The van der Waals surface area contributed by atoms with Crippen molar-refractivity contribution in [3.8, 4) is 0 Å². The molecule has 1 rings (SSSR count). The molecule has 0 spiro atoms. The van der Waals surface area contributed by atoms with Crippen LogP contribution in [0, 0.1) is 5.41 Å². The van der Waals surface area contributed by atoms with Gasteiger partial charge in [-0.2, -0.15) is 0 Å². The molecule has 4 nitrogen and oxygen atoms in total. The van der Waals surface area contributed by atoms with Gasteiger partial charge < -0.3 is 4.74 Å². The summed E-state index contributed by atoms with van der Waals surface area (Å²) in [5.41, 5.74) is -0.231. The van der Waals surface area contributed by atoms with Crippen molar-refractivity contribution in [2.75, 3.05) is 12.4 Å². The lowest BCUT2D eigenvalue weighted by Gasteiger charge is -2.29. The van der Waals surface area contributed by atoms with Gasteiger partial charge >= 0.3 is 0 Å². The fourth-order valence-electron chi connectivity index (χ4n) is 3.14. The van der Waals surface area contributed by atoms with Gasteiger partial charge in [-0.1, -0.05) is 45.4 Å². The molecule has 1 fully saturated rings. The summed E-state index contributed by atoms with van der Waals surface area (Å²) in [5.74, 6) is 0.0720. The molecule has 1 saturated carbocycles. The Labute approximate surface area is 124 Å². The van der Waals surface area contributed by atoms with Crippen LogP contribution in [0.1, 0.15) is 71.6 Å². The van der Waals surface area contributed by atoms with Gasteiger partial charge in [0.05, 0.1) is 18.5 Å². The predicted molar refractivity (Wildman–Crippen MR) is 83.0 cm³/mol. The minimum absolute atomic E-state index is 0.0720. The standard InChI is InChI=1S/C15H31NO3S/c1-3-4-5-6-9-14(2)19-12-15(10-7-8-11-15)13-20(16,17)18/h14H,3-13H2,1-2H3,(H2,16,17,18). The quantitative estimate of drug-likeness (QED) is 0.630. The molecular weight excluding hydrogens is 274 g/mol. The highest BCUT2D eigenvalue weighted by molar-refractivity contribution is 7.89. The van der Waals surface area contributed by atoms with Gasteiger partial charge in [0, 0.05) is 5.41 Å². The van der Waals surface area contributed by atoms with Crippen LogP contribution in [0.3, 0.4) is 0 Å². The van der Waals surface area contributed by atoms with Crippen molar-refractivity contribution in [2.45, 2.75) is 77.7 Å². The monoisotopic (exact) mass is 305 g/mol. The normalized spacial score (nSPS) is 20.1. The summed E-state index contributed by atoms with van der Waals surface area (Å²) in [6.45, 7) is 4.83. The zero-order valence-electron chi connectivity index (χ0n) is 13.1. The zero-order chi connectivity index (χ0) is 15.1. The molecule has 0 aromatic heterocycles. The second kappa shape index (κ2) is 8.35. The van der Waals surface area contributed by atoms with Gasteiger partial charge in [0.1, 0.15) is 0 Å². The molecule has 0 heterocycles. The molecule has 20 heavy (non-hydrogen) atoms. The molecule has 0 radical (unpaired) electrons. The van der Waals surface area contributed by atoms with Gasteiger partial charge in [-0.15, -0.1) is 0 Å². The molecule has 0 bridgehead atoms. The first-order valence-electron chi connectivity index (χ1n) is 7.99. The first-order valence-corrected chi connectivity index (χ1v) is 9.70. The summed E-state index contributed by atoms with van der Waals surface area (Å²) in [4.78, 5) is 0. The van der Waals surface area contributed by atoms with Crippen LogP contribution in [0.2, 0.25) is 0 Å². The van der Waals surface area contributed by atoms with Gasteiger partial charge in [0.2, 0.25) is 10.0 Å². The number of nitrogens with two attached hydrogens (primary N) is 1. The lowest BCUT2D eigenvalue weighted by atomic mass is 9.90. The topological polar surface area (TPSA) is 69.4 Å². The van der Waals surface area contributed by atoms with E-state index in [-0.39, 0.29) is 17.3 Å². The van der Waals surface area contributed by atoms with Crippen LogP contribution >= 0.6 is 0 Å². The number of unbranched alkanes of at least 4 members (excludes halogenated alkanes) is 3. The third-order valence-electron chi connectivity index (χ3n) is 4.31. The van der Waals surface area contributed by atoms with E-state index in [1.807, 2.05) is 0 Å². The Hall–Kier alpha value is -0.130. The number of hydrogen-bond donors (Lipinski definition) is 1. The van der Waals surface area contributed by atoms with E-state index in [9.17, 15) is 8.42 Å². The minimum atomic E-state index is -3.42. The maximum absolute atomic E-state index is 11.4. The van der Waals surface area contributed by atoms with Crippen LogP contribution in [0.4, 0.5) is 0 Å². The summed E-state index contributed by atoms with van der Waals surface area (Å²) in [7, 11) is -3.42. The van der Waals surface area contributed by atoms with Crippen molar-refractivity contribution in [1.82, 2.24) is 0 Å². The molecule has 2 N–H and O–H groups in total. The van der Waals surface area contributed by atoms with Crippen LogP contribution in [-0.2, 0) is 14.8 Å². The van der Waals surface area contributed by atoms with E-state index >= 15 is 0 Å². The van der Waals surface area contributed by atoms with Crippen molar-refractivity contribution in [2.24, 2.45) is 10.6 Å². The van der Waals surface area contributed by atoms with Crippen molar-refractivity contribution < 1.29 is 13.2 Å². The molecule has 0 aromatic carbocycles. The van der Waals surface area contributed by atoms with Crippen LogP contribution in [0.15, 0.2) is 0 Å². The van der Waals surface area contributed by atoms with Crippen LogP contribution in [0.25, 0.3) is 0 Å². The largest absolute Gasteiger partial charge is 0.378 e. The molecule has 0 saturated heterocycles. The smallest absolute Gasteiger partial charge is 0.209 e. The van der Waals surface area contributed by atoms with Crippen molar-refractivity contribution in [3.63, 3.8) is 0 Å². The number of primary sulfonamides is 1. The maximum atomic E-state index is 11.4. The molecule has 120 valence electrons. The third kappa shape index (κ3) is 7.04. The number of sulfonamides is 1. The first-order chi connectivity index (χ1) is 9.37. The van der Waals surface area contributed by atoms with Gasteiger partial charge in [-0.3, -0.25) is 0 Å².